The highest BCUT2D eigenvalue weighted by atomic mass is 35.5. The summed E-state index contributed by atoms with van der Waals surface area (Å²) >= 11 is 6.41. The normalized spacial score (nSPS) is 14.8. The maximum absolute atomic E-state index is 6.41. The van der Waals surface area contributed by atoms with Crippen molar-refractivity contribution in [3.8, 4) is 0 Å². The molecule has 1 heteroatoms. The van der Waals surface area contributed by atoms with Crippen LogP contribution in [0.15, 0.2) is 24.3 Å². The molecule has 0 heterocycles. The van der Waals surface area contributed by atoms with Gasteiger partial charge in [0.15, 0.2) is 0 Å². The zero-order valence-corrected chi connectivity index (χ0v) is 11.4. The van der Waals surface area contributed by atoms with Gasteiger partial charge in [-0.3, -0.25) is 0 Å². The lowest BCUT2D eigenvalue weighted by atomic mass is 9.97. The van der Waals surface area contributed by atoms with Crippen molar-refractivity contribution < 1.29 is 0 Å². The first-order valence-electron chi connectivity index (χ1n) is 6.41. The minimum absolute atomic E-state index is 0.158. The Kier molecular flexibility index (Phi) is 5.90. The third-order valence-electron chi connectivity index (χ3n) is 3.26. The summed E-state index contributed by atoms with van der Waals surface area (Å²) < 4.78 is 0. The zero-order chi connectivity index (χ0) is 12.0. The van der Waals surface area contributed by atoms with Crippen LogP contribution >= 0.6 is 11.6 Å². The van der Waals surface area contributed by atoms with Crippen molar-refractivity contribution in [1.82, 2.24) is 0 Å². The minimum atomic E-state index is 0.158. The topological polar surface area (TPSA) is 0 Å². The lowest BCUT2D eigenvalue weighted by Crippen LogP contribution is -2.02. The lowest BCUT2D eigenvalue weighted by molar-refractivity contribution is 0.542. The van der Waals surface area contributed by atoms with Crippen molar-refractivity contribution in [2.45, 2.75) is 51.8 Å². The molecule has 90 valence electrons. The summed E-state index contributed by atoms with van der Waals surface area (Å²) in [6, 6.07) is 8.83. The van der Waals surface area contributed by atoms with Gasteiger partial charge in [0.25, 0.3) is 0 Å². The van der Waals surface area contributed by atoms with E-state index in [4.69, 9.17) is 11.6 Å². The van der Waals surface area contributed by atoms with Gasteiger partial charge in [-0.05, 0) is 29.9 Å². The highest BCUT2D eigenvalue weighted by Crippen LogP contribution is 2.30. The van der Waals surface area contributed by atoms with Crippen molar-refractivity contribution in [3.63, 3.8) is 0 Å². The van der Waals surface area contributed by atoms with Crippen LogP contribution in [0.2, 0.25) is 0 Å². The van der Waals surface area contributed by atoms with E-state index in [1.54, 1.807) is 0 Å². The monoisotopic (exact) mass is 238 g/mol. The average molecular weight is 239 g/mol. The van der Waals surface area contributed by atoms with Crippen molar-refractivity contribution in [2.75, 3.05) is 0 Å². The highest BCUT2D eigenvalue weighted by molar-refractivity contribution is 6.20. The molecule has 2 unspecified atom stereocenters. The minimum Gasteiger partial charge on any atom is -0.118 e. The molecule has 1 rings (SSSR count). The number of benzene rings is 1. The number of aryl methyl sites for hydroxylation is 1. The third-order valence-corrected chi connectivity index (χ3v) is 3.94. The van der Waals surface area contributed by atoms with Gasteiger partial charge in [-0.2, -0.15) is 0 Å². The van der Waals surface area contributed by atoms with Gasteiger partial charge in [0.1, 0.15) is 0 Å². The molecule has 0 spiro atoms. The molecule has 2 atom stereocenters. The summed E-state index contributed by atoms with van der Waals surface area (Å²) in [6.07, 6.45) is 4.85. The van der Waals surface area contributed by atoms with Crippen LogP contribution in [0.4, 0.5) is 0 Å². The van der Waals surface area contributed by atoms with E-state index in [1.807, 2.05) is 0 Å². The number of hydrogen-bond donors (Lipinski definition) is 0. The van der Waals surface area contributed by atoms with E-state index in [-0.39, 0.29) is 5.38 Å². The summed E-state index contributed by atoms with van der Waals surface area (Å²) in [7, 11) is 0. The average Bonchev–Trinajstić information content (AvgIpc) is 2.35. The van der Waals surface area contributed by atoms with Gasteiger partial charge < -0.3 is 0 Å². The number of unbranched alkanes of at least 4 members (excludes halogenated alkanes) is 1. The van der Waals surface area contributed by atoms with Gasteiger partial charge in [0, 0.05) is 0 Å². The van der Waals surface area contributed by atoms with Crippen LogP contribution in [0, 0.1) is 5.92 Å². The quantitative estimate of drug-likeness (QED) is 0.586. The largest absolute Gasteiger partial charge is 0.118 e. The second kappa shape index (κ2) is 6.96. The Morgan fingerprint density at radius 3 is 2.25 bits per heavy atom. The predicted molar refractivity (Wildman–Crippen MR) is 73.1 cm³/mol. The summed E-state index contributed by atoms with van der Waals surface area (Å²) in [5, 5.41) is 0.158. The van der Waals surface area contributed by atoms with Gasteiger partial charge in [-0.25, -0.2) is 0 Å². The SMILES string of the molecule is CCCCc1ccc(C(Cl)C(C)CC)cc1. The van der Waals surface area contributed by atoms with Crippen LogP contribution in [0.1, 0.15) is 56.5 Å². The van der Waals surface area contributed by atoms with E-state index < -0.39 is 0 Å². The molecule has 1 aromatic carbocycles. The number of rotatable bonds is 6. The molecule has 16 heavy (non-hydrogen) atoms. The molecule has 0 aliphatic rings. The summed E-state index contributed by atoms with van der Waals surface area (Å²) in [4.78, 5) is 0. The molecule has 0 fully saturated rings. The number of hydrogen-bond acceptors (Lipinski definition) is 0. The van der Waals surface area contributed by atoms with E-state index in [0.29, 0.717) is 5.92 Å². The van der Waals surface area contributed by atoms with E-state index in [0.717, 1.165) is 6.42 Å². The molecular weight excluding hydrogens is 216 g/mol. The van der Waals surface area contributed by atoms with Crippen LogP contribution < -0.4 is 0 Å². The van der Waals surface area contributed by atoms with Gasteiger partial charge in [0.2, 0.25) is 0 Å². The molecule has 1 aromatic rings. The molecule has 0 aliphatic heterocycles. The van der Waals surface area contributed by atoms with Crippen LogP contribution in [0.3, 0.4) is 0 Å². The predicted octanol–water partition coefficient (Wildman–Crippen LogP) is 5.36. The molecule has 0 aromatic heterocycles. The number of alkyl halides is 1. The highest BCUT2D eigenvalue weighted by Gasteiger charge is 2.14. The Morgan fingerprint density at radius 2 is 1.75 bits per heavy atom. The summed E-state index contributed by atoms with van der Waals surface area (Å²) in [5.41, 5.74) is 2.69. The summed E-state index contributed by atoms with van der Waals surface area (Å²) in [5.74, 6) is 0.545. The standard InChI is InChI=1S/C15H23Cl/c1-4-6-7-13-8-10-14(11-9-13)15(16)12(3)5-2/h8-12,15H,4-7H2,1-3H3. The van der Waals surface area contributed by atoms with Crippen molar-refractivity contribution in [1.29, 1.82) is 0 Å². The van der Waals surface area contributed by atoms with Crippen LogP contribution in [0.5, 0.6) is 0 Å². The van der Waals surface area contributed by atoms with Crippen molar-refractivity contribution in [2.24, 2.45) is 5.92 Å². The Hall–Kier alpha value is -0.490. The smallest absolute Gasteiger partial charge is 0.0610 e. The molecule has 0 saturated heterocycles. The first kappa shape index (κ1) is 13.6. The molecule has 0 N–H and O–H groups in total. The van der Waals surface area contributed by atoms with Crippen LogP contribution in [-0.2, 0) is 6.42 Å². The Morgan fingerprint density at radius 1 is 1.12 bits per heavy atom. The van der Waals surface area contributed by atoms with Gasteiger partial charge in [0.05, 0.1) is 5.38 Å². The molecule has 0 amide bonds. The Bertz CT molecular complexity index is 289. The first-order chi connectivity index (χ1) is 7.69. The molecule has 0 radical (unpaired) electrons. The molecule has 0 bridgehead atoms. The fourth-order valence-corrected chi connectivity index (χ4v) is 2.11. The third kappa shape index (κ3) is 3.83. The summed E-state index contributed by atoms with van der Waals surface area (Å²) in [6.45, 7) is 6.63. The van der Waals surface area contributed by atoms with Gasteiger partial charge >= 0.3 is 0 Å². The fraction of sp³-hybridized carbons (Fsp3) is 0.600. The lowest BCUT2D eigenvalue weighted by Gasteiger charge is -2.16. The zero-order valence-electron chi connectivity index (χ0n) is 10.7. The Labute approximate surface area is 105 Å². The van der Waals surface area contributed by atoms with E-state index in [1.165, 1.54) is 30.4 Å². The van der Waals surface area contributed by atoms with Gasteiger partial charge in [-0.15, -0.1) is 11.6 Å². The molecule has 0 aliphatic carbocycles. The second-order valence-electron chi connectivity index (χ2n) is 4.63. The fourth-order valence-electron chi connectivity index (χ4n) is 1.78. The first-order valence-corrected chi connectivity index (χ1v) is 6.85. The maximum Gasteiger partial charge on any atom is 0.0610 e. The molecular formula is C15H23Cl. The maximum atomic E-state index is 6.41. The van der Waals surface area contributed by atoms with Crippen molar-refractivity contribution >= 4 is 11.6 Å². The van der Waals surface area contributed by atoms with Gasteiger partial charge in [-0.1, -0.05) is 57.9 Å². The molecule has 0 saturated carbocycles. The van der Waals surface area contributed by atoms with Crippen molar-refractivity contribution in [3.05, 3.63) is 35.4 Å². The number of halogens is 1. The van der Waals surface area contributed by atoms with E-state index in [9.17, 15) is 0 Å². The van der Waals surface area contributed by atoms with E-state index >= 15 is 0 Å². The van der Waals surface area contributed by atoms with Crippen LogP contribution in [-0.4, -0.2) is 0 Å². The molecule has 0 nitrogen and oxygen atoms in total. The Balaban J connectivity index is 2.63. The van der Waals surface area contributed by atoms with Crippen LogP contribution in [0.25, 0.3) is 0 Å². The second-order valence-corrected chi connectivity index (χ2v) is 5.10. The van der Waals surface area contributed by atoms with E-state index in [2.05, 4.69) is 45.0 Å².